The van der Waals surface area contributed by atoms with Gasteiger partial charge in [-0.15, -0.1) is 0 Å². The number of hydrogen-bond acceptors (Lipinski definition) is 2. The summed E-state index contributed by atoms with van der Waals surface area (Å²) in [6.45, 7) is 4.56. The van der Waals surface area contributed by atoms with Crippen molar-refractivity contribution in [3.8, 4) is 0 Å². The summed E-state index contributed by atoms with van der Waals surface area (Å²) in [6.07, 6.45) is 5.96. The van der Waals surface area contributed by atoms with Crippen molar-refractivity contribution in [2.45, 2.75) is 51.1 Å². The number of hydrogen-bond donors (Lipinski definition) is 1. The van der Waals surface area contributed by atoms with Crippen LogP contribution < -0.4 is 5.32 Å². The predicted molar refractivity (Wildman–Crippen MR) is 82.3 cm³/mol. The van der Waals surface area contributed by atoms with Crippen LogP contribution >= 0.6 is 0 Å². The van der Waals surface area contributed by atoms with Crippen molar-refractivity contribution in [1.29, 1.82) is 0 Å². The van der Waals surface area contributed by atoms with Gasteiger partial charge in [-0.1, -0.05) is 31.9 Å². The smallest absolute Gasteiger partial charge is 0.123 e. The van der Waals surface area contributed by atoms with Crippen molar-refractivity contribution in [3.63, 3.8) is 0 Å². The van der Waals surface area contributed by atoms with Crippen LogP contribution in [0.1, 0.15) is 50.6 Å². The summed E-state index contributed by atoms with van der Waals surface area (Å²) in [5.74, 6) is -0.151. The summed E-state index contributed by atoms with van der Waals surface area (Å²) in [5, 5.41) is 3.80. The molecule has 0 radical (unpaired) electrons. The van der Waals surface area contributed by atoms with Gasteiger partial charge in [-0.3, -0.25) is 0 Å². The number of rotatable bonds is 6. The fourth-order valence-corrected chi connectivity index (χ4v) is 2.91. The van der Waals surface area contributed by atoms with Gasteiger partial charge in [0.05, 0.1) is 0 Å². The van der Waals surface area contributed by atoms with E-state index in [2.05, 4.69) is 24.2 Å². The highest BCUT2D eigenvalue weighted by molar-refractivity contribution is 5.20. The van der Waals surface area contributed by atoms with E-state index in [1.54, 1.807) is 12.1 Å². The van der Waals surface area contributed by atoms with Gasteiger partial charge < -0.3 is 10.2 Å². The zero-order valence-corrected chi connectivity index (χ0v) is 12.7. The number of halogens is 1. The number of nitrogens with one attached hydrogen (secondary N) is 1. The molecule has 1 aliphatic rings. The van der Waals surface area contributed by atoms with Crippen molar-refractivity contribution in [1.82, 2.24) is 10.2 Å². The Hall–Kier alpha value is -0.930. The first-order valence-electron chi connectivity index (χ1n) is 7.89. The van der Waals surface area contributed by atoms with Crippen LogP contribution in [0, 0.1) is 5.82 Å². The number of piperidine rings is 1. The Morgan fingerprint density at radius 2 is 1.90 bits per heavy atom. The molecule has 0 aromatic heterocycles. The maximum absolute atomic E-state index is 13.1. The molecule has 1 aromatic carbocycles. The molecule has 20 heavy (non-hydrogen) atoms. The Morgan fingerprint density at radius 3 is 2.50 bits per heavy atom. The van der Waals surface area contributed by atoms with Crippen LogP contribution in [0.2, 0.25) is 0 Å². The molecular weight excluding hydrogens is 251 g/mol. The number of likely N-dealkylation sites (tertiary alicyclic amines) is 1. The second-order valence-electron chi connectivity index (χ2n) is 5.99. The van der Waals surface area contributed by atoms with Crippen LogP contribution in [-0.4, -0.2) is 31.1 Å². The average molecular weight is 278 g/mol. The van der Waals surface area contributed by atoms with Gasteiger partial charge in [0.15, 0.2) is 0 Å². The standard InChI is InChI=1S/C17H27FN2/c1-3-4-5-17(14-6-8-15(18)9-7-14)19-16-10-12-20(2)13-11-16/h6-9,16-17,19H,3-5,10-13H2,1-2H3. The van der Waals surface area contributed by atoms with Crippen LogP contribution in [0.15, 0.2) is 24.3 Å². The molecule has 112 valence electrons. The van der Waals surface area contributed by atoms with E-state index in [-0.39, 0.29) is 5.82 Å². The molecule has 2 rings (SSSR count). The van der Waals surface area contributed by atoms with Gasteiger partial charge in [0.1, 0.15) is 5.82 Å². The van der Waals surface area contributed by atoms with Crippen LogP contribution in [-0.2, 0) is 0 Å². The first-order valence-corrected chi connectivity index (χ1v) is 7.89. The topological polar surface area (TPSA) is 15.3 Å². The molecular formula is C17H27FN2. The average Bonchev–Trinajstić information content (AvgIpc) is 2.46. The first kappa shape index (κ1) is 15.5. The van der Waals surface area contributed by atoms with E-state index >= 15 is 0 Å². The second kappa shape index (κ2) is 7.75. The molecule has 1 unspecified atom stereocenters. The molecule has 0 bridgehead atoms. The Morgan fingerprint density at radius 1 is 1.25 bits per heavy atom. The summed E-state index contributed by atoms with van der Waals surface area (Å²) in [7, 11) is 2.19. The van der Waals surface area contributed by atoms with E-state index in [0.717, 1.165) is 6.42 Å². The Bertz CT molecular complexity index is 382. The lowest BCUT2D eigenvalue weighted by Crippen LogP contribution is -2.42. The predicted octanol–water partition coefficient (Wildman–Crippen LogP) is 3.74. The van der Waals surface area contributed by atoms with Gasteiger partial charge in [-0.05, 0) is 57.1 Å². The first-order chi connectivity index (χ1) is 9.69. The highest BCUT2D eigenvalue weighted by Crippen LogP contribution is 2.22. The van der Waals surface area contributed by atoms with Crippen molar-refractivity contribution < 1.29 is 4.39 Å². The maximum atomic E-state index is 13.1. The Balaban J connectivity index is 1.97. The van der Waals surface area contributed by atoms with Crippen LogP contribution in [0.5, 0.6) is 0 Å². The zero-order chi connectivity index (χ0) is 14.4. The lowest BCUT2D eigenvalue weighted by molar-refractivity contribution is 0.222. The van der Waals surface area contributed by atoms with Crippen LogP contribution in [0.4, 0.5) is 4.39 Å². The van der Waals surface area contributed by atoms with Crippen molar-refractivity contribution in [3.05, 3.63) is 35.6 Å². The number of unbranched alkanes of at least 4 members (excludes halogenated alkanes) is 1. The van der Waals surface area contributed by atoms with E-state index < -0.39 is 0 Å². The molecule has 0 spiro atoms. The second-order valence-corrected chi connectivity index (χ2v) is 5.99. The summed E-state index contributed by atoms with van der Waals surface area (Å²) < 4.78 is 13.1. The third kappa shape index (κ3) is 4.57. The Labute approximate surface area is 122 Å². The van der Waals surface area contributed by atoms with E-state index in [0.29, 0.717) is 12.1 Å². The minimum absolute atomic E-state index is 0.151. The summed E-state index contributed by atoms with van der Waals surface area (Å²) in [6, 6.07) is 7.96. The van der Waals surface area contributed by atoms with Crippen molar-refractivity contribution >= 4 is 0 Å². The molecule has 1 aromatic rings. The number of nitrogens with zero attached hydrogens (tertiary/aromatic N) is 1. The van der Waals surface area contributed by atoms with Gasteiger partial charge in [0.2, 0.25) is 0 Å². The van der Waals surface area contributed by atoms with Gasteiger partial charge in [0, 0.05) is 12.1 Å². The highest BCUT2D eigenvalue weighted by atomic mass is 19.1. The van der Waals surface area contributed by atoms with Gasteiger partial charge in [-0.2, -0.15) is 0 Å². The molecule has 1 heterocycles. The lowest BCUT2D eigenvalue weighted by Gasteiger charge is -2.33. The normalized spacial score (nSPS) is 19.1. The van der Waals surface area contributed by atoms with E-state index in [9.17, 15) is 4.39 Å². The van der Waals surface area contributed by atoms with Crippen molar-refractivity contribution in [2.24, 2.45) is 0 Å². The van der Waals surface area contributed by atoms with E-state index in [1.165, 1.54) is 44.3 Å². The SMILES string of the molecule is CCCCC(NC1CCN(C)CC1)c1ccc(F)cc1. The minimum Gasteiger partial charge on any atom is -0.307 e. The maximum Gasteiger partial charge on any atom is 0.123 e. The minimum atomic E-state index is -0.151. The fraction of sp³-hybridized carbons (Fsp3) is 0.647. The largest absolute Gasteiger partial charge is 0.307 e. The fourth-order valence-electron chi connectivity index (χ4n) is 2.91. The summed E-state index contributed by atoms with van der Waals surface area (Å²) in [5.41, 5.74) is 1.22. The third-order valence-corrected chi connectivity index (χ3v) is 4.27. The Kier molecular flexibility index (Phi) is 5.99. The van der Waals surface area contributed by atoms with Gasteiger partial charge in [-0.25, -0.2) is 4.39 Å². The molecule has 0 amide bonds. The molecule has 3 heteroatoms. The molecule has 1 fully saturated rings. The van der Waals surface area contributed by atoms with Crippen LogP contribution in [0.3, 0.4) is 0 Å². The molecule has 2 nitrogen and oxygen atoms in total. The van der Waals surface area contributed by atoms with Gasteiger partial charge >= 0.3 is 0 Å². The van der Waals surface area contributed by atoms with E-state index in [1.807, 2.05) is 12.1 Å². The molecule has 0 saturated carbocycles. The summed E-state index contributed by atoms with van der Waals surface area (Å²) >= 11 is 0. The van der Waals surface area contributed by atoms with Gasteiger partial charge in [0.25, 0.3) is 0 Å². The highest BCUT2D eigenvalue weighted by Gasteiger charge is 2.20. The summed E-state index contributed by atoms with van der Waals surface area (Å²) in [4.78, 5) is 2.39. The van der Waals surface area contributed by atoms with Crippen molar-refractivity contribution in [2.75, 3.05) is 20.1 Å². The molecule has 0 aliphatic carbocycles. The zero-order valence-electron chi connectivity index (χ0n) is 12.7. The lowest BCUT2D eigenvalue weighted by atomic mass is 9.97. The monoisotopic (exact) mass is 278 g/mol. The molecule has 1 atom stereocenters. The third-order valence-electron chi connectivity index (χ3n) is 4.27. The molecule has 1 N–H and O–H groups in total. The van der Waals surface area contributed by atoms with Crippen LogP contribution in [0.25, 0.3) is 0 Å². The molecule has 1 saturated heterocycles. The quantitative estimate of drug-likeness (QED) is 0.852. The molecule has 1 aliphatic heterocycles. The van der Waals surface area contributed by atoms with E-state index in [4.69, 9.17) is 0 Å². The number of benzene rings is 1.